The molecule has 7 heteroatoms. The van der Waals surface area contributed by atoms with Gasteiger partial charge in [-0.3, -0.25) is 0 Å². The second-order valence-corrected chi connectivity index (χ2v) is 5.95. The SMILES string of the molecule is Fc1ccc2nc(Nc3c(F)cc(Br)cc3F)sc2c1. The van der Waals surface area contributed by atoms with Gasteiger partial charge in [0.05, 0.1) is 10.2 Å². The Morgan fingerprint density at radius 1 is 1.05 bits per heavy atom. The third-order valence-electron chi connectivity index (χ3n) is 2.59. The number of nitrogens with one attached hydrogen (secondary N) is 1. The van der Waals surface area contributed by atoms with Crippen LogP contribution in [0.3, 0.4) is 0 Å². The Morgan fingerprint density at radius 3 is 2.45 bits per heavy atom. The first kappa shape index (κ1) is 13.4. The second kappa shape index (κ2) is 5.06. The van der Waals surface area contributed by atoms with Crippen LogP contribution in [0.15, 0.2) is 34.8 Å². The average Bonchev–Trinajstić information content (AvgIpc) is 2.75. The number of hydrogen-bond acceptors (Lipinski definition) is 3. The smallest absolute Gasteiger partial charge is 0.188 e. The molecule has 2 aromatic carbocycles. The zero-order valence-electron chi connectivity index (χ0n) is 9.75. The van der Waals surface area contributed by atoms with Gasteiger partial charge in [0.25, 0.3) is 0 Å². The van der Waals surface area contributed by atoms with Gasteiger partial charge in [-0.1, -0.05) is 27.3 Å². The van der Waals surface area contributed by atoms with Crippen LogP contribution in [0, 0.1) is 17.5 Å². The van der Waals surface area contributed by atoms with E-state index in [0.717, 1.165) is 23.5 Å². The zero-order chi connectivity index (χ0) is 14.3. The molecule has 0 atom stereocenters. The lowest BCUT2D eigenvalue weighted by molar-refractivity contribution is 0.589. The Morgan fingerprint density at radius 2 is 1.75 bits per heavy atom. The van der Waals surface area contributed by atoms with Gasteiger partial charge in [0, 0.05) is 4.47 Å². The topological polar surface area (TPSA) is 24.9 Å². The van der Waals surface area contributed by atoms with Crippen molar-refractivity contribution in [1.82, 2.24) is 4.98 Å². The molecule has 1 N–H and O–H groups in total. The molecule has 0 saturated carbocycles. The van der Waals surface area contributed by atoms with Crippen LogP contribution in [0.4, 0.5) is 24.0 Å². The summed E-state index contributed by atoms with van der Waals surface area (Å²) in [5.74, 6) is -1.85. The van der Waals surface area contributed by atoms with E-state index in [-0.39, 0.29) is 11.5 Å². The molecule has 1 heterocycles. The molecule has 3 aromatic rings. The maximum atomic E-state index is 13.7. The Bertz CT molecular complexity index is 780. The Hall–Kier alpha value is -1.60. The summed E-state index contributed by atoms with van der Waals surface area (Å²) in [5, 5.41) is 2.89. The summed E-state index contributed by atoms with van der Waals surface area (Å²) in [7, 11) is 0. The summed E-state index contributed by atoms with van der Waals surface area (Å²) in [4.78, 5) is 4.15. The Balaban J connectivity index is 2.01. The van der Waals surface area contributed by atoms with Crippen LogP contribution in [0.1, 0.15) is 0 Å². The maximum Gasteiger partial charge on any atom is 0.188 e. The van der Waals surface area contributed by atoms with Crippen LogP contribution in [-0.2, 0) is 0 Å². The fourth-order valence-corrected chi connectivity index (χ4v) is 3.02. The van der Waals surface area contributed by atoms with Crippen LogP contribution in [0.5, 0.6) is 0 Å². The monoisotopic (exact) mass is 358 g/mol. The number of benzene rings is 2. The molecule has 0 unspecified atom stereocenters. The van der Waals surface area contributed by atoms with Crippen LogP contribution >= 0.6 is 27.3 Å². The Kier molecular flexibility index (Phi) is 3.39. The molecule has 0 radical (unpaired) electrons. The first-order valence-corrected chi connectivity index (χ1v) is 7.11. The van der Waals surface area contributed by atoms with Crippen molar-refractivity contribution in [2.45, 2.75) is 0 Å². The summed E-state index contributed by atoms with van der Waals surface area (Å²) in [6.45, 7) is 0. The first-order chi connectivity index (χ1) is 9.52. The minimum absolute atomic E-state index is 0.285. The molecule has 0 fully saturated rings. The maximum absolute atomic E-state index is 13.7. The molecule has 3 rings (SSSR count). The van der Waals surface area contributed by atoms with E-state index in [9.17, 15) is 13.2 Å². The highest BCUT2D eigenvalue weighted by Gasteiger charge is 2.13. The highest BCUT2D eigenvalue weighted by Crippen LogP contribution is 2.31. The van der Waals surface area contributed by atoms with Gasteiger partial charge in [-0.05, 0) is 30.3 Å². The standard InChI is InChI=1S/C13H6BrF3N2S/c14-6-3-8(16)12(9(17)4-6)19-13-18-10-2-1-7(15)5-11(10)20-13/h1-5H,(H,18,19). The summed E-state index contributed by atoms with van der Waals surface area (Å²) < 4.78 is 41.4. The van der Waals surface area contributed by atoms with Crippen molar-refractivity contribution >= 4 is 48.3 Å². The molecular weight excluding hydrogens is 353 g/mol. The molecule has 102 valence electrons. The predicted octanol–water partition coefficient (Wildman–Crippen LogP) is 5.22. The summed E-state index contributed by atoms with van der Waals surface area (Å²) >= 11 is 4.13. The van der Waals surface area contributed by atoms with E-state index in [2.05, 4.69) is 26.2 Å². The van der Waals surface area contributed by atoms with E-state index in [1.807, 2.05) is 0 Å². The molecule has 0 saturated heterocycles. The van der Waals surface area contributed by atoms with E-state index in [0.29, 0.717) is 19.8 Å². The number of halogens is 4. The zero-order valence-corrected chi connectivity index (χ0v) is 12.2. The van der Waals surface area contributed by atoms with Gasteiger partial charge < -0.3 is 5.32 Å². The van der Waals surface area contributed by atoms with Crippen molar-refractivity contribution in [2.75, 3.05) is 5.32 Å². The number of thiazole rings is 1. The molecule has 0 spiro atoms. The third kappa shape index (κ3) is 2.51. The minimum atomic E-state index is -0.734. The van der Waals surface area contributed by atoms with Gasteiger partial charge in [-0.25, -0.2) is 18.2 Å². The molecule has 1 aromatic heterocycles. The molecule has 0 bridgehead atoms. The lowest BCUT2D eigenvalue weighted by Crippen LogP contribution is -1.97. The van der Waals surface area contributed by atoms with E-state index < -0.39 is 11.6 Å². The summed E-state index contributed by atoms with van der Waals surface area (Å²) in [6.07, 6.45) is 0. The van der Waals surface area contributed by atoms with E-state index in [4.69, 9.17) is 0 Å². The molecule has 0 aliphatic heterocycles. The van der Waals surface area contributed by atoms with Crippen LogP contribution in [0.25, 0.3) is 10.2 Å². The predicted molar refractivity (Wildman–Crippen MR) is 76.9 cm³/mol. The normalized spacial score (nSPS) is 11.0. The Labute approximate surface area is 124 Å². The fraction of sp³-hybridized carbons (Fsp3) is 0. The molecule has 20 heavy (non-hydrogen) atoms. The van der Waals surface area contributed by atoms with Gasteiger partial charge in [-0.15, -0.1) is 0 Å². The highest BCUT2D eigenvalue weighted by molar-refractivity contribution is 9.10. The molecular formula is C13H6BrF3N2S. The largest absolute Gasteiger partial charge is 0.327 e. The van der Waals surface area contributed by atoms with Crippen molar-refractivity contribution in [3.63, 3.8) is 0 Å². The van der Waals surface area contributed by atoms with Crippen LogP contribution in [-0.4, -0.2) is 4.98 Å². The van der Waals surface area contributed by atoms with Crippen molar-refractivity contribution in [2.24, 2.45) is 0 Å². The van der Waals surface area contributed by atoms with Crippen molar-refractivity contribution < 1.29 is 13.2 Å². The quantitative estimate of drug-likeness (QED) is 0.679. The molecule has 0 aliphatic rings. The van der Waals surface area contributed by atoms with Crippen molar-refractivity contribution in [3.05, 3.63) is 52.3 Å². The van der Waals surface area contributed by atoms with Crippen LogP contribution in [0.2, 0.25) is 0 Å². The van der Waals surface area contributed by atoms with Gasteiger partial charge in [0.2, 0.25) is 0 Å². The number of fused-ring (bicyclic) bond motifs is 1. The number of nitrogens with zero attached hydrogens (tertiary/aromatic N) is 1. The third-order valence-corrected chi connectivity index (χ3v) is 3.98. The van der Waals surface area contributed by atoms with Crippen molar-refractivity contribution in [3.8, 4) is 0 Å². The first-order valence-electron chi connectivity index (χ1n) is 5.50. The second-order valence-electron chi connectivity index (χ2n) is 4.00. The fourth-order valence-electron chi connectivity index (χ4n) is 1.72. The van der Waals surface area contributed by atoms with E-state index in [1.165, 1.54) is 18.2 Å². The lowest BCUT2D eigenvalue weighted by Gasteiger charge is -2.06. The number of hydrogen-bond donors (Lipinski definition) is 1. The van der Waals surface area contributed by atoms with E-state index >= 15 is 0 Å². The molecule has 0 amide bonds. The number of aromatic nitrogens is 1. The lowest BCUT2D eigenvalue weighted by atomic mass is 10.3. The highest BCUT2D eigenvalue weighted by atomic mass is 79.9. The van der Waals surface area contributed by atoms with Gasteiger partial charge in [0.1, 0.15) is 11.5 Å². The molecule has 0 aliphatic carbocycles. The number of anilines is 2. The summed E-state index contributed by atoms with van der Waals surface area (Å²) in [5.41, 5.74) is 0.282. The average molecular weight is 359 g/mol. The van der Waals surface area contributed by atoms with Gasteiger partial charge in [-0.2, -0.15) is 0 Å². The summed E-state index contributed by atoms with van der Waals surface area (Å²) in [6, 6.07) is 6.43. The van der Waals surface area contributed by atoms with Gasteiger partial charge in [0.15, 0.2) is 16.8 Å². The minimum Gasteiger partial charge on any atom is -0.327 e. The van der Waals surface area contributed by atoms with Gasteiger partial charge >= 0.3 is 0 Å². The number of rotatable bonds is 2. The van der Waals surface area contributed by atoms with Crippen LogP contribution < -0.4 is 5.32 Å². The molecule has 2 nitrogen and oxygen atoms in total. The van der Waals surface area contributed by atoms with Crippen molar-refractivity contribution in [1.29, 1.82) is 0 Å². The van der Waals surface area contributed by atoms with E-state index in [1.54, 1.807) is 0 Å².